The maximum absolute atomic E-state index is 11.7. The molecule has 0 aliphatic rings. The van der Waals surface area contributed by atoms with Crippen LogP contribution in [0.25, 0.3) is 0 Å². The molecule has 5 heteroatoms. The van der Waals surface area contributed by atoms with Crippen LogP contribution < -0.4 is 16.6 Å². The zero-order valence-corrected chi connectivity index (χ0v) is 9.55. The third-order valence-electron chi connectivity index (χ3n) is 2.46. The van der Waals surface area contributed by atoms with Crippen LogP contribution in [0.2, 0.25) is 0 Å². The smallest absolute Gasteiger partial charge is 0.293 e. The number of nitrogens with zero attached hydrogens (tertiary/aromatic N) is 2. The molecule has 88 valence electrons. The second-order valence-electron chi connectivity index (χ2n) is 3.79. The number of benzene rings is 1. The Morgan fingerprint density at radius 3 is 2.76 bits per heavy atom. The number of rotatable bonds is 3. The number of nitrogens with one attached hydrogen (secondary N) is 1. The highest BCUT2D eigenvalue weighted by Gasteiger charge is 2.01. The Bertz CT molecular complexity index is 559. The molecule has 2 rings (SSSR count). The zero-order chi connectivity index (χ0) is 12.3. The first kappa shape index (κ1) is 11.2. The van der Waals surface area contributed by atoms with Crippen molar-refractivity contribution in [2.75, 3.05) is 11.1 Å². The van der Waals surface area contributed by atoms with Gasteiger partial charge in [0, 0.05) is 31.7 Å². The Hall–Kier alpha value is -2.30. The van der Waals surface area contributed by atoms with E-state index in [2.05, 4.69) is 10.3 Å². The predicted molar refractivity (Wildman–Crippen MR) is 67.7 cm³/mol. The monoisotopic (exact) mass is 230 g/mol. The van der Waals surface area contributed by atoms with E-state index in [9.17, 15) is 4.79 Å². The molecular weight excluding hydrogens is 216 g/mol. The van der Waals surface area contributed by atoms with Crippen LogP contribution in [0.1, 0.15) is 5.56 Å². The standard InChI is InChI=1S/C12H14N4O/c1-16-7-6-14-11(12(16)17)15-8-9-2-4-10(13)5-3-9/h2-7H,8,13H2,1H3,(H,14,15). The molecule has 0 fully saturated rings. The molecule has 3 N–H and O–H groups in total. The molecule has 2 aromatic rings. The van der Waals surface area contributed by atoms with E-state index in [1.807, 2.05) is 24.3 Å². The molecule has 1 aromatic heterocycles. The Kier molecular flexibility index (Phi) is 3.09. The number of hydrogen-bond acceptors (Lipinski definition) is 4. The van der Waals surface area contributed by atoms with Gasteiger partial charge in [-0.2, -0.15) is 0 Å². The van der Waals surface area contributed by atoms with Gasteiger partial charge in [-0.1, -0.05) is 12.1 Å². The number of anilines is 2. The van der Waals surface area contributed by atoms with Crippen LogP contribution >= 0.6 is 0 Å². The van der Waals surface area contributed by atoms with Gasteiger partial charge in [-0.05, 0) is 17.7 Å². The normalized spacial score (nSPS) is 10.2. The SMILES string of the molecule is Cn1ccnc(NCc2ccc(N)cc2)c1=O. The number of nitrogens with two attached hydrogens (primary N) is 1. The summed E-state index contributed by atoms with van der Waals surface area (Å²) in [6, 6.07) is 7.48. The quantitative estimate of drug-likeness (QED) is 0.771. The van der Waals surface area contributed by atoms with Crippen LogP contribution in [0.3, 0.4) is 0 Å². The average Bonchev–Trinajstić information content (AvgIpc) is 2.33. The summed E-state index contributed by atoms with van der Waals surface area (Å²) in [7, 11) is 1.69. The van der Waals surface area contributed by atoms with Gasteiger partial charge in [0.2, 0.25) is 0 Å². The highest BCUT2D eigenvalue weighted by molar-refractivity contribution is 5.40. The fraction of sp³-hybridized carbons (Fsp3) is 0.167. The molecule has 0 bridgehead atoms. The molecule has 0 atom stereocenters. The first-order chi connectivity index (χ1) is 8.16. The molecule has 1 aromatic carbocycles. The van der Waals surface area contributed by atoms with E-state index in [1.54, 1.807) is 19.4 Å². The van der Waals surface area contributed by atoms with Crippen LogP contribution in [-0.4, -0.2) is 9.55 Å². The van der Waals surface area contributed by atoms with Crippen LogP contribution in [0.5, 0.6) is 0 Å². The maximum Gasteiger partial charge on any atom is 0.293 e. The predicted octanol–water partition coefficient (Wildman–Crippen LogP) is 0.975. The third kappa shape index (κ3) is 2.63. The molecule has 0 radical (unpaired) electrons. The van der Waals surface area contributed by atoms with Gasteiger partial charge in [-0.3, -0.25) is 4.79 Å². The lowest BCUT2D eigenvalue weighted by atomic mass is 10.2. The molecule has 0 aliphatic carbocycles. The van der Waals surface area contributed by atoms with Crippen molar-refractivity contribution in [2.45, 2.75) is 6.54 Å². The molecule has 1 heterocycles. The second kappa shape index (κ2) is 4.69. The van der Waals surface area contributed by atoms with Gasteiger partial charge in [-0.15, -0.1) is 0 Å². The van der Waals surface area contributed by atoms with Gasteiger partial charge in [-0.25, -0.2) is 4.98 Å². The minimum atomic E-state index is -0.136. The lowest BCUT2D eigenvalue weighted by molar-refractivity contribution is 0.839. The lowest BCUT2D eigenvalue weighted by Crippen LogP contribution is -2.21. The first-order valence-electron chi connectivity index (χ1n) is 5.27. The van der Waals surface area contributed by atoms with E-state index >= 15 is 0 Å². The molecule has 0 saturated heterocycles. The summed E-state index contributed by atoms with van der Waals surface area (Å²) in [5, 5.41) is 3.00. The first-order valence-corrected chi connectivity index (χ1v) is 5.27. The fourth-order valence-corrected chi connectivity index (χ4v) is 1.44. The summed E-state index contributed by atoms with van der Waals surface area (Å²) in [5.74, 6) is 0.354. The molecule has 0 amide bonds. The summed E-state index contributed by atoms with van der Waals surface area (Å²) in [4.78, 5) is 15.7. The van der Waals surface area contributed by atoms with Crippen LogP contribution in [-0.2, 0) is 13.6 Å². The summed E-state index contributed by atoms with van der Waals surface area (Å²) >= 11 is 0. The molecular formula is C12H14N4O. The average molecular weight is 230 g/mol. The zero-order valence-electron chi connectivity index (χ0n) is 9.55. The van der Waals surface area contributed by atoms with Crippen molar-refractivity contribution >= 4 is 11.5 Å². The van der Waals surface area contributed by atoms with Crippen LogP contribution in [0.15, 0.2) is 41.5 Å². The second-order valence-corrected chi connectivity index (χ2v) is 3.79. The van der Waals surface area contributed by atoms with Gasteiger partial charge < -0.3 is 15.6 Å². The van der Waals surface area contributed by atoms with Crippen molar-refractivity contribution in [3.63, 3.8) is 0 Å². The highest BCUT2D eigenvalue weighted by Crippen LogP contribution is 2.06. The number of hydrogen-bond donors (Lipinski definition) is 2. The van der Waals surface area contributed by atoms with Gasteiger partial charge in [0.25, 0.3) is 5.56 Å². The molecule has 5 nitrogen and oxygen atoms in total. The third-order valence-corrected chi connectivity index (χ3v) is 2.46. The topological polar surface area (TPSA) is 72.9 Å². The van der Waals surface area contributed by atoms with Crippen molar-refractivity contribution in [3.05, 3.63) is 52.6 Å². The molecule has 0 saturated carbocycles. The molecule has 0 aliphatic heterocycles. The van der Waals surface area contributed by atoms with Crippen LogP contribution in [0.4, 0.5) is 11.5 Å². The Morgan fingerprint density at radius 1 is 1.35 bits per heavy atom. The van der Waals surface area contributed by atoms with Crippen molar-refractivity contribution in [3.8, 4) is 0 Å². The van der Waals surface area contributed by atoms with Crippen molar-refractivity contribution in [2.24, 2.45) is 7.05 Å². The van der Waals surface area contributed by atoms with E-state index in [0.29, 0.717) is 12.4 Å². The molecule has 17 heavy (non-hydrogen) atoms. The van der Waals surface area contributed by atoms with Crippen molar-refractivity contribution in [1.29, 1.82) is 0 Å². The summed E-state index contributed by atoms with van der Waals surface area (Å²) in [6.07, 6.45) is 3.21. The van der Waals surface area contributed by atoms with E-state index in [4.69, 9.17) is 5.73 Å². The number of nitrogen functional groups attached to an aromatic ring is 1. The maximum atomic E-state index is 11.7. The lowest BCUT2D eigenvalue weighted by Gasteiger charge is -2.06. The minimum absolute atomic E-state index is 0.136. The number of aromatic nitrogens is 2. The van der Waals surface area contributed by atoms with Gasteiger partial charge in [0.05, 0.1) is 0 Å². The van der Waals surface area contributed by atoms with Crippen molar-refractivity contribution < 1.29 is 0 Å². The summed E-state index contributed by atoms with van der Waals surface area (Å²) in [5.41, 5.74) is 7.23. The minimum Gasteiger partial charge on any atom is -0.399 e. The number of aryl methyl sites for hydroxylation is 1. The van der Waals surface area contributed by atoms with Crippen LogP contribution in [0, 0.1) is 0 Å². The fourth-order valence-electron chi connectivity index (χ4n) is 1.44. The Labute approximate surface area is 98.9 Å². The molecule has 0 unspecified atom stereocenters. The summed E-state index contributed by atoms with van der Waals surface area (Å²) < 4.78 is 1.48. The van der Waals surface area contributed by atoms with Gasteiger partial charge in [0.15, 0.2) is 5.82 Å². The van der Waals surface area contributed by atoms with Gasteiger partial charge in [0.1, 0.15) is 0 Å². The van der Waals surface area contributed by atoms with E-state index in [0.717, 1.165) is 11.3 Å². The largest absolute Gasteiger partial charge is 0.399 e. The van der Waals surface area contributed by atoms with E-state index in [1.165, 1.54) is 4.57 Å². The van der Waals surface area contributed by atoms with Crippen molar-refractivity contribution in [1.82, 2.24) is 9.55 Å². The van der Waals surface area contributed by atoms with E-state index in [-0.39, 0.29) is 5.56 Å². The Morgan fingerprint density at radius 2 is 2.06 bits per heavy atom. The highest BCUT2D eigenvalue weighted by atomic mass is 16.1. The molecule has 0 spiro atoms. The Balaban J connectivity index is 2.10. The van der Waals surface area contributed by atoms with E-state index < -0.39 is 0 Å². The van der Waals surface area contributed by atoms with Gasteiger partial charge >= 0.3 is 0 Å². The summed E-state index contributed by atoms with van der Waals surface area (Å²) in [6.45, 7) is 0.548.